The molecule has 0 nitrogen and oxygen atoms in total. The van der Waals surface area contributed by atoms with Crippen LogP contribution in [0.15, 0.2) is 0 Å². The number of hydrogen-bond donors (Lipinski definition) is 0. The van der Waals surface area contributed by atoms with Gasteiger partial charge in [0.1, 0.15) is 0 Å². The molecule has 0 N–H and O–H groups in total. The van der Waals surface area contributed by atoms with Crippen molar-refractivity contribution in [2.45, 2.75) is 86.0 Å². The third-order valence-corrected chi connectivity index (χ3v) is 3.93. The average Bonchev–Trinajstić information content (AvgIpc) is 2.33. The van der Waals surface area contributed by atoms with Crippen molar-refractivity contribution in [1.82, 2.24) is 0 Å². The molecule has 0 aromatic heterocycles. The maximum atomic E-state index is 2.47. The van der Waals surface area contributed by atoms with Crippen LogP contribution in [0.25, 0.3) is 0 Å². The first-order valence-electron chi connectivity index (χ1n) is 7.79. The molecule has 0 aromatic carbocycles. The van der Waals surface area contributed by atoms with Crippen LogP contribution in [0.3, 0.4) is 0 Å². The fraction of sp³-hybridized carbons (Fsp3) is 1.00. The van der Waals surface area contributed by atoms with Gasteiger partial charge < -0.3 is 0 Å². The lowest BCUT2D eigenvalue weighted by Gasteiger charge is -2.39. The van der Waals surface area contributed by atoms with E-state index in [-0.39, 0.29) is 0 Å². The van der Waals surface area contributed by atoms with Gasteiger partial charge in [-0.05, 0) is 24.2 Å². The molecule has 2 saturated carbocycles. The largest absolute Gasteiger partial charge is 0.0683 e. The standard InChI is InChI=1S/C11H20.C3H8.C2H6/c1-9-5-4-7-10-6-2-3-8-11(9)10;1-3-2;1-2/h9-11H,2-8H2,1H3;3H2,1-2H3;1-2H3. The molecule has 0 amide bonds. The van der Waals surface area contributed by atoms with Gasteiger partial charge >= 0.3 is 0 Å². The Morgan fingerprint density at radius 1 is 0.812 bits per heavy atom. The zero-order chi connectivity index (χ0) is 12.4. The van der Waals surface area contributed by atoms with Crippen molar-refractivity contribution in [3.8, 4) is 0 Å². The van der Waals surface area contributed by atoms with Crippen molar-refractivity contribution in [3.05, 3.63) is 0 Å². The van der Waals surface area contributed by atoms with E-state index >= 15 is 0 Å². The highest BCUT2D eigenvalue weighted by atomic mass is 14.4. The Kier molecular flexibility index (Phi) is 10.2. The van der Waals surface area contributed by atoms with Gasteiger partial charge in [0.15, 0.2) is 0 Å². The topological polar surface area (TPSA) is 0 Å². The fourth-order valence-corrected chi connectivity index (χ4v) is 3.26. The highest BCUT2D eigenvalue weighted by molar-refractivity contribution is 4.82. The molecule has 0 saturated heterocycles. The normalized spacial score (nSPS) is 32.4. The van der Waals surface area contributed by atoms with E-state index in [0.29, 0.717) is 0 Å². The molecule has 2 aliphatic rings. The van der Waals surface area contributed by atoms with Crippen LogP contribution < -0.4 is 0 Å². The first-order chi connectivity index (χ1) is 7.79. The maximum absolute atomic E-state index is 2.47. The predicted molar refractivity (Wildman–Crippen MR) is 75.8 cm³/mol. The predicted octanol–water partition coefficient (Wildman–Crippen LogP) is 6.06. The van der Waals surface area contributed by atoms with Gasteiger partial charge in [-0.25, -0.2) is 0 Å². The Hall–Kier alpha value is 0. The highest BCUT2D eigenvalue weighted by Gasteiger charge is 2.31. The molecule has 0 aliphatic heterocycles. The molecule has 16 heavy (non-hydrogen) atoms. The van der Waals surface area contributed by atoms with Crippen LogP contribution in [-0.4, -0.2) is 0 Å². The summed E-state index contributed by atoms with van der Waals surface area (Å²) in [5.41, 5.74) is 0. The minimum absolute atomic E-state index is 1.05. The quantitative estimate of drug-likeness (QED) is 0.471. The number of hydrogen-bond acceptors (Lipinski definition) is 0. The van der Waals surface area contributed by atoms with Crippen LogP contribution >= 0.6 is 0 Å². The molecule has 0 heterocycles. The summed E-state index contributed by atoms with van der Waals surface area (Å²) in [4.78, 5) is 0. The molecule has 0 heteroatoms. The Morgan fingerprint density at radius 2 is 1.31 bits per heavy atom. The van der Waals surface area contributed by atoms with Gasteiger partial charge in [0.25, 0.3) is 0 Å². The Balaban J connectivity index is 0.000000394. The summed E-state index contributed by atoms with van der Waals surface area (Å²) in [6.45, 7) is 10.7. The van der Waals surface area contributed by atoms with E-state index in [1.807, 2.05) is 13.8 Å². The molecule has 0 spiro atoms. The third kappa shape index (κ3) is 5.37. The molecule has 2 rings (SSSR count). The summed E-state index contributed by atoms with van der Waals surface area (Å²) < 4.78 is 0. The Labute approximate surface area is 104 Å². The van der Waals surface area contributed by atoms with Crippen LogP contribution in [0.1, 0.15) is 86.0 Å². The molecule has 3 atom stereocenters. The molecule has 0 aromatic rings. The smallest absolute Gasteiger partial charge is 0.0360 e. The van der Waals surface area contributed by atoms with Crippen LogP contribution in [0.5, 0.6) is 0 Å². The lowest BCUT2D eigenvalue weighted by Crippen LogP contribution is -2.29. The molecule has 98 valence electrons. The van der Waals surface area contributed by atoms with Crippen molar-refractivity contribution in [3.63, 3.8) is 0 Å². The fourth-order valence-electron chi connectivity index (χ4n) is 3.26. The Bertz CT molecular complexity index is 137. The summed E-state index contributed by atoms with van der Waals surface area (Å²) in [5, 5.41) is 0. The SMILES string of the molecule is CC.CC1CCCC2CCCCC12.CCC. The van der Waals surface area contributed by atoms with Crippen molar-refractivity contribution in [2.24, 2.45) is 17.8 Å². The lowest BCUT2D eigenvalue weighted by atomic mass is 9.66. The average molecular weight is 226 g/mol. The van der Waals surface area contributed by atoms with Crippen LogP contribution in [0.4, 0.5) is 0 Å². The van der Waals surface area contributed by atoms with E-state index in [1.54, 1.807) is 19.3 Å². The second-order valence-corrected chi connectivity index (χ2v) is 5.32. The zero-order valence-corrected chi connectivity index (χ0v) is 12.4. The summed E-state index contributed by atoms with van der Waals surface area (Å²) in [5.74, 6) is 3.30. The van der Waals surface area contributed by atoms with Gasteiger partial charge in [-0.3, -0.25) is 0 Å². The van der Waals surface area contributed by atoms with E-state index in [4.69, 9.17) is 0 Å². The molecule has 3 unspecified atom stereocenters. The molecule has 0 radical (unpaired) electrons. The van der Waals surface area contributed by atoms with E-state index in [1.165, 1.54) is 32.1 Å². The van der Waals surface area contributed by atoms with Crippen LogP contribution in [0, 0.1) is 17.8 Å². The molecule has 2 aliphatic carbocycles. The zero-order valence-electron chi connectivity index (χ0n) is 12.4. The van der Waals surface area contributed by atoms with Crippen LogP contribution in [0.2, 0.25) is 0 Å². The summed E-state index contributed by atoms with van der Waals surface area (Å²) in [6.07, 6.45) is 12.0. The lowest BCUT2D eigenvalue weighted by molar-refractivity contribution is 0.114. The first-order valence-corrected chi connectivity index (χ1v) is 7.79. The van der Waals surface area contributed by atoms with E-state index in [9.17, 15) is 0 Å². The van der Waals surface area contributed by atoms with Crippen LogP contribution in [-0.2, 0) is 0 Å². The number of rotatable bonds is 0. The number of fused-ring (bicyclic) bond motifs is 1. The second-order valence-electron chi connectivity index (χ2n) is 5.32. The molecule has 2 fully saturated rings. The third-order valence-electron chi connectivity index (χ3n) is 3.93. The van der Waals surface area contributed by atoms with Gasteiger partial charge in [-0.15, -0.1) is 0 Å². The van der Waals surface area contributed by atoms with Gasteiger partial charge in [-0.2, -0.15) is 0 Å². The molecular formula is C16H34. The van der Waals surface area contributed by atoms with Crippen molar-refractivity contribution in [1.29, 1.82) is 0 Å². The van der Waals surface area contributed by atoms with Crippen molar-refractivity contribution >= 4 is 0 Å². The van der Waals surface area contributed by atoms with Gasteiger partial charge in [0.05, 0.1) is 0 Å². The molecular weight excluding hydrogens is 192 g/mol. The summed E-state index contributed by atoms with van der Waals surface area (Å²) >= 11 is 0. The minimum atomic E-state index is 1.05. The van der Waals surface area contributed by atoms with Crippen molar-refractivity contribution < 1.29 is 0 Å². The van der Waals surface area contributed by atoms with Gasteiger partial charge in [-0.1, -0.05) is 79.6 Å². The minimum Gasteiger partial charge on any atom is -0.0683 e. The second kappa shape index (κ2) is 10.2. The van der Waals surface area contributed by atoms with Gasteiger partial charge in [0, 0.05) is 0 Å². The van der Waals surface area contributed by atoms with E-state index in [2.05, 4.69) is 20.8 Å². The Morgan fingerprint density at radius 3 is 1.88 bits per heavy atom. The summed E-state index contributed by atoms with van der Waals surface area (Å²) in [7, 11) is 0. The van der Waals surface area contributed by atoms with Crippen molar-refractivity contribution in [2.75, 3.05) is 0 Å². The maximum Gasteiger partial charge on any atom is -0.0360 e. The first kappa shape index (κ1) is 16.0. The van der Waals surface area contributed by atoms with Gasteiger partial charge in [0.2, 0.25) is 0 Å². The monoisotopic (exact) mass is 226 g/mol. The highest BCUT2D eigenvalue weighted by Crippen LogP contribution is 2.43. The van der Waals surface area contributed by atoms with E-state index < -0.39 is 0 Å². The molecule has 0 bridgehead atoms. The van der Waals surface area contributed by atoms with E-state index in [0.717, 1.165) is 17.8 Å². The summed E-state index contributed by atoms with van der Waals surface area (Å²) in [6, 6.07) is 0.